The van der Waals surface area contributed by atoms with Gasteiger partial charge in [0.05, 0.1) is 25.6 Å². The van der Waals surface area contributed by atoms with Crippen molar-refractivity contribution in [2.75, 3.05) is 37.4 Å². The van der Waals surface area contributed by atoms with Crippen molar-refractivity contribution in [3.05, 3.63) is 53.1 Å². The summed E-state index contributed by atoms with van der Waals surface area (Å²) >= 11 is 0. The van der Waals surface area contributed by atoms with Crippen LogP contribution in [0.15, 0.2) is 36.4 Å². The first-order valence-electron chi connectivity index (χ1n) is 10.2. The van der Waals surface area contributed by atoms with Crippen LogP contribution in [0.25, 0.3) is 0 Å². The number of sulfonamides is 1. The smallest absolute Gasteiger partial charge is 0.232 e. The van der Waals surface area contributed by atoms with E-state index in [0.717, 1.165) is 16.7 Å². The topological polar surface area (TPSA) is 84.9 Å². The summed E-state index contributed by atoms with van der Waals surface area (Å²) in [7, 11) is -1.87. The van der Waals surface area contributed by atoms with Crippen molar-refractivity contribution in [1.29, 1.82) is 0 Å². The lowest BCUT2D eigenvalue weighted by atomic mass is 10.0. The molecule has 0 aliphatic heterocycles. The molecule has 8 heteroatoms. The molecule has 2 aromatic rings. The summed E-state index contributed by atoms with van der Waals surface area (Å²) in [6.45, 7) is 6.73. The molecule has 0 atom stereocenters. The zero-order chi connectivity index (χ0) is 23.0. The second kappa shape index (κ2) is 11.0. The molecule has 7 nitrogen and oxygen atoms in total. The second-order valence-electron chi connectivity index (χ2n) is 7.56. The fourth-order valence-electron chi connectivity index (χ4n) is 3.53. The third kappa shape index (κ3) is 7.47. The molecule has 1 amide bonds. The number of carbonyl (C=O) groups excluding carboxylic acids is 1. The lowest BCUT2D eigenvalue weighted by molar-refractivity contribution is -0.121. The van der Waals surface area contributed by atoms with E-state index < -0.39 is 10.0 Å². The van der Waals surface area contributed by atoms with Crippen LogP contribution in [-0.2, 0) is 14.8 Å². The Hall–Kier alpha value is -2.74. The first kappa shape index (κ1) is 24.5. The third-order valence-electron chi connectivity index (χ3n) is 4.78. The van der Waals surface area contributed by atoms with Crippen LogP contribution in [0.3, 0.4) is 0 Å². The van der Waals surface area contributed by atoms with E-state index in [1.54, 1.807) is 13.2 Å². The van der Waals surface area contributed by atoms with Crippen LogP contribution in [0, 0.1) is 20.8 Å². The summed E-state index contributed by atoms with van der Waals surface area (Å²) in [4.78, 5) is 12.1. The van der Waals surface area contributed by atoms with E-state index in [-0.39, 0.29) is 18.9 Å². The van der Waals surface area contributed by atoms with Gasteiger partial charge in [-0.05, 0) is 50.5 Å². The molecule has 0 unspecified atom stereocenters. The number of ether oxygens (including phenoxy) is 2. The maximum Gasteiger partial charge on any atom is 0.232 e. The molecule has 0 fully saturated rings. The van der Waals surface area contributed by atoms with Gasteiger partial charge in [-0.15, -0.1) is 0 Å². The molecule has 0 radical (unpaired) electrons. The Balaban J connectivity index is 1.83. The number of rotatable bonds is 11. The number of aryl methyl sites for hydroxylation is 3. The Labute approximate surface area is 185 Å². The monoisotopic (exact) mass is 448 g/mol. The Kier molecular flexibility index (Phi) is 8.74. The van der Waals surface area contributed by atoms with Crippen LogP contribution >= 0.6 is 0 Å². The van der Waals surface area contributed by atoms with Crippen molar-refractivity contribution in [3.63, 3.8) is 0 Å². The fraction of sp³-hybridized carbons (Fsp3) is 0.435. The molecule has 2 rings (SSSR count). The van der Waals surface area contributed by atoms with Crippen molar-refractivity contribution in [2.45, 2.75) is 33.6 Å². The minimum atomic E-state index is -3.46. The van der Waals surface area contributed by atoms with Gasteiger partial charge in [0, 0.05) is 19.0 Å². The molecule has 0 heterocycles. The van der Waals surface area contributed by atoms with Gasteiger partial charge in [-0.3, -0.25) is 9.10 Å². The number of methoxy groups -OCH3 is 1. The highest BCUT2D eigenvalue weighted by Crippen LogP contribution is 2.28. The van der Waals surface area contributed by atoms with E-state index in [9.17, 15) is 13.2 Å². The molecule has 31 heavy (non-hydrogen) atoms. The summed E-state index contributed by atoms with van der Waals surface area (Å²) in [5.41, 5.74) is 3.59. The fourth-order valence-corrected chi connectivity index (χ4v) is 4.61. The summed E-state index contributed by atoms with van der Waals surface area (Å²) in [6, 6.07) is 11.2. The van der Waals surface area contributed by atoms with Gasteiger partial charge in [-0.1, -0.05) is 23.8 Å². The number of anilines is 1. The van der Waals surface area contributed by atoms with Crippen molar-refractivity contribution in [1.82, 2.24) is 5.32 Å². The summed E-state index contributed by atoms with van der Waals surface area (Å²) < 4.78 is 36.9. The molecular weight excluding hydrogens is 416 g/mol. The number of nitrogens with zero attached hydrogens (tertiary/aromatic N) is 1. The van der Waals surface area contributed by atoms with Crippen LogP contribution in [-0.4, -0.2) is 47.4 Å². The first-order chi connectivity index (χ1) is 14.6. The summed E-state index contributed by atoms with van der Waals surface area (Å²) in [5, 5.41) is 2.80. The van der Waals surface area contributed by atoms with E-state index in [4.69, 9.17) is 9.47 Å². The number of hydrogen-bond donors (Lipinski definition) is 1. The molecule has 0 spiro atoms. The van der Waals surface area contributed by atoms with Crippen LogP contribution in [0.2, 0.25) is 0 Å². The van der Waals surface area contributed by atoms with Crippen molar-refractivity contribution in [2.24, 2.45) is 0 Å². The molecule has 170 valence electrons. The van der Waals surface area contributed by atoms with Gasteiger partial charge >= 0.3 is 0 Å². The zero-order valence-corrected chi connectivity index (χ0v) is 19.7. The Morgan fingerprint density at radius 3 is 2.32 bits per heavy atom. The molecule has 1 N–H and O–H groups in total. The highest BCUT2D eigenvalue weighted by molar-refractivity contribution is 7.92. The lowest BCUT2D eigenvalue weighted by Gasteiger charge is -2.26. The Bertz CT molecular complexity index is 982. The van der Waals surface area contributed by atoms with E-state index in [1.165, 1.54) is 10.6 Å². The van der Waals surface area contributed by atoms with Crippen molar-refractivity contribution < 1.29 is 22.7 Å². The van der Waals surface area contributed by atoms with Crippen LogP contribution in [0.4, 0.5) is 5.69 Å². The van der Waals surface area contributed by atoms with Crippen molar-refractivity contribution in [3.8, 4) is 11.5 Å². The zero-order valence-electron chi connectivity index (χ0n) is 18.9. The predicted octanol–water partition coefficient (Wildman–Crippen LogP) is 3.36. The Morgan fingerprint density at radius 1 is 1.06 bits per heavy atom. The van der Waals surface area contributed by atoms with E-state index in [1.807, 2.05) is 51.1 Å². The summed E-state index contributed by atoms with van der Waals surface area (Å²) in [5.74, 6) is 1.23. The number of nitrogens with one attached hydrogen (secondary N) is 1. The van der Waals surface area contributed by atoms with E-state index in [0.29, 0.717) is 36.8 Å². The summed E-state index contributed by atoms with van der Waals surface area (Å²) in [6.07, 6.45) is 1.85. The van der Waals surface area contributed by atoms with E-state index in [2.05, 4.69) is 5.32 Å². The van der Waals surface area contributed by atoms with Crippen molar-refractivity contribution >= 4 is 21.6 Å². The standard InChI is InChI=1S/C23H32N2O5S/c1-17-14-18(2)23(19(3)15-17)25(31(5,27)28)12-7-10-22(26)24-11-13-30-21-9-6-8-20(16-21)29-4/h6,8-9,14-16H,7,10-13H2,1-5H3,(H,24,26). The quantitative estimate of drug-likeness (QED) is 0.533. The van der Waals surface area contributed by atoms with Crippen LogP contribution in [0.1, 0.15) is 29.5 Å². The average molecular weight is 449 g/mol. The highest BCUT2D eigenvalue weighted by atomic mass is 32.2. The SMILES string of the molecule is COc1cccc(OCCNC(=O)CCCN(c2c(C)cc(C)cc2C)S(C)(=O)=O)c1. The minimum Gasteiger partial charge on any atom is -0.497 e. The van der Waals surface area contributed by atoms with Gasteiger partial charge in [0.2, 0.25) is 15.9 Å². The molecule has 0 saturated carbocycles. The molecule has 0 saturated heterocycles. The maximum atomic E-state index is 12.4. The normalized spacial score (nSPS) is 11.1. The minimum absolute atomic E-state index is 0.139. The van der Waals surface area contributed by atoms with Gasteiger partial charge in [-0.25, -0.2) is 8.42 Å². The molecular formula is C23H32N2O5S. The van der Waals surface area contributed by atoms with Gasteiger partial charge in [-0.2, -0.15) is 0 Å². The number of carbonyl (C=O) groups is 1. The van der Waals surface area contributed by atoms with Gasteiger partial charge < -0.3 is 14.8 Å². The van der Waals surface area contributed by atoms with Crippen LogP contribution in [0.5, 0.6) is 11.5 Å². The third-order valence-corrected chi connectivity index (χ3v) is 5.95. The average Bonchev–Trinajstić information content (AvgIpc) is 2.68. The largest absolute Gasteiger partial charge is 0.497 e. The highest BCUT2D eigenvalue weighted by Gasteiger charge is 2.21. The maximum absolute atomic E-state index is 12.4. The Morgan fingerprint density at radius 2 is 1.71 bits per heavy atom. The molecule has 0 bridgehead atoms. The molecule has 0 aromatic heterocycles. The lowest BCUT2D eigenvalue weighted by Crippen LogP contribution is -2.33. The van der Waals surface area contributed by atoms with Gasteiger partial charge in [0.1, 0.15) is 18.1 Å². The van der Waals surface area contributed by atoms with Gasteiger partial charge in [0.15, 0.2) is 0 Å². The first-order valence-corrected chi connectivity index (χ1v) is 12.1. The molecule has 0 aliphatic carbocycles. The number of hydrogen-bond acceptors (Lipinski definition) is 5. The van der Waals surface area contributed by atoms with Gasteiger partial charge in [0.25, 0.3) is 0 Å². The molecule has 0 aliphatic rings. The second-order valence-corrected chi connectivity index (χ2v) is 9.47. The predicted molar refractivity (Wildman–Crippen MR) is 124 cm³/mol. The number of amides is 1. The number of benzene rings is 2. The van der Waals surface area contributed by atoms with E-state index >= 15 is 0 Å². The molecule has 2 aromatic carbocycles. The van der Waals surface area contributed by atoms with Crippen LogP contribution < -0.4 is 19.1 Å².